The third-order valence-electron chi connectivity index (χ3n) is 5.50. The van der Waals surface area contributed by atoms with Crippen LogP contribution < -0.4 is 4.90 Å². The summed E-state index contributed by atoms with van der Waals surface area (Å²) in [6, 6.07) is 6.11. The average molecular weight is 456 g/mol. The number of anilines is 1. The number of H-pyrrole nitrogens is 1. The zero-order valence-electron chi connectivity index (χ0n) is 16.9. The largest absolute Gasteiger partial charge is 0.506 e. The van der Waals surface area contributed by atoms with Crippen LogP contribution in [0, 0.1) is 5.82 Å². The van der Waals surface area contributed by atoms with Crippen LogP contribution in [-0.2, 0) is 11.3 Å². The highest BCUT2D eigenvalue weighted by Crippen LogP contribution is 2.32. The fraction of sp³-hybridized carbons (Fsp3) is 0.238. The van der Waals surface area contributed by atoms with Gasteiger partial charge in [-0.1, -0.05) is 11.6 Å². The van der Waals surface area contributed by atoms with Crippen LogP contribution in [0.2, 0.25) is 5.02 Å². The van der Waals surface area contributed by atoms with Gasteiger partial charge in [-0.3, -0.25) is 4.79 Å². The molecule has 3 aromatic heterocycles. The molecule has 1 fully saturated rings. The molecule has 32 heavy (non-hydrogen) atoms. The predicted octanol–water partition coefficient (Wildman–Crippen LogP) is 2.67. The van der Waals surface area contributed by atoms with Crippen LogP contribution >= 0.6 is 11.6 Å². The first-order valence-electron chi connectivity index (χ1n) is 10.0. The lowest BCUT2D eigenvalue weighted by molar-refractivity contribution is -0.132. The van der Waals surface area contributed by atoms with Crippen molar-refractivity contribution in [2.75, 3.05) is 31.1 Å². The van der Waals surface area contributed by atoms with E-state index in [4.69, 9.17) is 11.6 Å². The Morgan fingerprint density at radius 3 is 2.75 bits per heavy atom. The number of hydrogen-bond acceptors (Lipinski definition) is 6. The van der Waals surface area contributed by atoms with Crippen LogP contribution in [0.15, 0.2) is 42.9 Å². The molecule has 164 valence electrons. The number of aromatic amines is 1. The molecule has 0 saturated carbocycles. The van der Waals surface area contributed by atoms with Crippen molar-refractivity contribution < 1.29 is 14.3 Å². The van der Waals surface area contributed by atoms with Crippen LogP contribution in [0.1, 0.15) is 0 Å². The van der Waals surface area contributed by atoms with Gasteiger partial charge in [-0.05, 0) is 18.2 Å². The summed E-state index contributed by atoms with van der Waals surface area (Å²) < 4.78 is 15.9. The molecule has 0 bridgehead atoms. The number of imidazole rings is 1. The maximum Gasteiger partial charge on any atom is 0.244 e. The molecule has 4 heterocycles. The van der Waals surface area contributed by atoms with Gasteiger partial charge in [0.2, 0.25) is 5.91 Å². The molecule has 0 spiro atoms. The van der Waals surface area contributed by atoms with Crippen molar-refractivity contribution in [1.82, 2.24) is 29.6 Å². The van der Waals surface area contributed by atoms with Crippen molar-refractivity contribution in [1.29, 1.82) is 0 Å². The molecule has 5 rings (SSSR count). The smallest absolute Gasteiger partial charge is 0.244 e. The van der Waals surface area contributed by atoms with Gasteiger partial charge in [0.15, 0.2) is 11.5 Å². The van der Waals surface area contributed by atoms with E-state index in [0.29, 0.717) is 43.3 Å². The Morgan fingerprint density at radius 1 is 1.19 bits per heavy atom. The van der Waals surface area contributed by atoms with E-state index in [1.807, 2.05) is 12.1 Å². The number of nitrogens with zero attached hydrogens (tertiary/aromatic N) is 6. The molecule has 4 aromatic rings. The number of carbonyl (C=O) groups excluding carboxylic acids is 1. The first-order chi connectivity index (χ1) is 15.5. The Hall–Kier alpha value is -3.66. The first kappa shape index (κ1) is 20.3. The molecule has 0 unspecified atom stereocenters. The standard InChI is InChI=1S/C21H19ClFN7O2/c22-14-10-15(23)16(11-17(14)31)28-6-8-29(9-7-28)18(32)12-30-21-13(2-1-3-26-21)19(27-30)20-24-4-5-25-20/h1-5,10-11,31H,6-9,12H2,(H,24,25). The second-order valence-electron chi connectivity index (χ2n) is 7.44. The van der Waals surface area contributed by atoms with E-state index in [9.17, 15) is 14.3 Å². The second-order valence-corrected chi connectivity index (χ2v) is 7.85. The predicted molar refractivity (Wildman–Crippen MR) is 117 cm³/mol. The van der Waals surface area contributed by atoms with Gasteiger partial charge in [0.05, 0.1) is 16.1 Å². The van der Waals surface area contributed by atoms with Gasteiger partial charge in [-0.2, -0.15) is 5.10 Å². The topological polar surface area (TPSA) is 103 Å². The van der Waals surface area contributed by atoms with Crippen LogP contribution in [0.3, 0.4) is 0 Å². The lowest BCUT2D eigenvalue weighted by Gasteiger charge is -2.36. The Labute approximate surface area is 187 Å². The molecule has 9 nitrogen and oxygen atoms in total. The van der Waals surface area contributed by atoms with Gasteiger partial charge in [0.1, 0.15) is 23.8 Å². The van der Waals surface area contributed by atoms with E-state index < -0.39 is 5.82 Å². The van der Waals surface area contributed by atoms with E-state index in [1.165, 1.54) is 6.07 Å². The zero-order valence-corrected chi connectivity index (χ0v) is 17.6. The van der Waals surface area contributed by atoms with Gasteiger partial charge in [0.25, 0.3) is 0 Å². The zero-order chi connectivity index (χ0) is 22.2. The minimum atomic E-state index is -0.507. The lowest BCUT2D eigenvalue weighted by atomic mass is 10.2. The maximum atomic E-state index is 14.3. The molecule has 11 heteroatoms. The van der Waals surface area contributed by atoms with Crippen molar-refractivity contribution in [3.8, 4) is 17.3 Å². The van der Waals surface area contributed by atoms with Gasteiger partial charge in [-0.25, -0.2) is 19.0 Å². The van der Waals surface area contributed by atoms with E-state index in [0.717, 1.165) is 11.5 Å². The van der Waals surface area contributed by atoms with Gasteiger partial charge < -0.3 is 19.9 Å². The second kappa shape index (κ2) is 8.12. The highest BCUT2D eigenvalue weighted by atomic mass is 35.5. The number of rotatable bonds is 4. The summed E-state index contributed by atoms with van der Waals surface area (Å²) in [4.78, 5) is 28.2. The minimum absolute atomic E-state index is 0.0321. The van der Waals surface area contributed by atoms with Crippen molar-refractivity contribution in [3.05, 3.63) is 53.7 Å². The number of piperazine rings is 1. The molecule has 1 saturated heterocycles. The lowest BCUT2D eigenvalue weighted by Crippen LogP contribution is -2.49. The Morgan fingerprint density at radius 2 is 2.00 bits per heavy atom. The molecule has 1 aromatic carbocycles. The van der Waals surface area contributed by atoms with E-state index in [2.05, 4.69) is 20.1 Å². The summed E-state index contributed by atoms with van der Waals surface area (Å²) in [6.07, 6.45) is 5.01. The molecule has 1 aliphatic rings. The van der Waals surface area contributed by atoms with E-state index in [1.54, 1.807) is 33.1 Å². The maximum absolute atomic E-state index is 14.3. The number of carbonyl (C=O) groups is 1. The quantitative estimate of drug-likeness (QED) is 0.490. The Balaban J connectivity index is 1.31. The van der Waals surface area contributed by atoms with Crippen LogP contribution in [0.4, 0.5) is 10.1 Å². The summed E-state index contributed by atoms with van der Waals surface area (Å²) in [5.74, 6) is -0.180. The number of amides is 1. The number of benzene rings is 1. The summed E-state index contributed by atoms with van der Waals surface area (Å²) in [6.45, 7) is 1.72. The molecule has 1 amide bonds. The van der Waals surface area contributed by atoms with Crippen LogP contribution in [0.5, 0.6) is 5.75 Å². The molecule has 0 aliphatic carbocycles. The summed E-state index contributed by atoms with van der Waals surface area (Å²) in [5, 5.41) is 15.1. The Bertz CT molecular complexity index is 1280. The van der Waals surface area contributed by atoms with Gasteiger partial charge in [0, 0.05) is 50.8 Å². The number of nitrogens with one attached hydrogen (secondary N) is 1. The number of aromatic nitrogens is 5. The monoisotopic (exact) mass is 455 g/mol. The van der Waals surface area contributed by atoms with Crippen molar-refractivity contribution in [2.24, 2.45) is 0 Å². The number of aromatic hydroxyl groups is 1. The third kappa shape index (κ3) is 3.62. The summed E-state index contributed by atoms with van der Waals surface area (Å²) >= 11 is 5.76. The minimum Gasteiger partial charge on any atom is -0.506 e. The average Bonchev–Trinajstić information content (AvgIpc) is 3.45. The first-order valence-corrected chi connectivity index (χ1v) is 10.4. The number of fused-ring (bicyclic) bond motifs is 1. The molecular formula is C21H19ClFN7O2. The number of halogens is 2. The van der Waals surface area contributed by atoms with E-state index in [-0.39, 0.29) is 28.9 Å². The SMILES string of the molecule is O=C(Cn1nc(-c2ncc[nH]2)c2cccnc21)N1CCN(c2cc(O)c(Cl)cc2F)CC1. The fourth-order valence-electron chi connectivity index (χ4n) is 3.88. The Kier molecular flexibility index (Phi) is 5.14. The molecule has 1 aliphatic heterocycles. The molecule has 0 atom stereocenters. The molecule has 0 radical (unpaired) electrons. The van der Waals surface area contributed by atoms with Crippen molar-refractivity contribution in [2.45, 2.75) is 6.54 Å². The summed E-state index contributed by atoms with van der Waals surface area (Å²) in [7, 11) is 0. The third-order valence-corrected chi connectivity index (χ3v) is 5.81. The fourth-order valence-corrected chi connectivity index (χ4v) is 4.03. The van der Waals surface area contributed by atoms with Crippen molar-refractivity contribution >= 4 is 34.2 Å². The highest BCUT2D eigenvalue weighted by molar-refractivity contribution is 6.32. The molecule has 2 N–H and O–H groups in total. The van der Waals surface area contributed by atoms with Crippen molar-refractivity contribution in [3.63, 3.8) is 0 Å². The van der Waals surface area contributed by atoms with Gasteiger partial charge >= 0.3 is 0 Å². The van der Waals surface area contributed by atoms with E-state index >= 15 is 0 Å². The number of pyridine rings is 1. The number of phenolic OH excluding ortho intramolecular Hbond substituents is 1. The normalized spacial score (nSPS) is 14.3. The number of phenols is 1. The highest BCUT2D eigenvalue weighted by Gasteiger charge is 2.25. The van der Waals surface area contributed by atoms with Crippen LogP contribution in [-0.4, -0.2) is 66.8 Å². The number of hydrogen-bond donors (Lipinski definition) is 2. The van der Waals surface area contributed by atoms with Gasteiger partial charge in [-0.15, -0.1) is 0 Å². The molecular weight excluding hydrogens is 437 g/mol. The van der Waals surface area contributed by atoms with Crippen LogP contribution in [0.25, 0.3) is 22.6 Å². The summed E-state index contributed by atoms with van der Waals surface area (Å²) in [5.41, 5.74) is 1.50.